The van der Waals surface area contributed by atoms with Crippen molar-refractivity contribution in [2.75, 3.05) is 27.4 Å². The molecule has 6 fully saturated rings. The topological polar surface area (TPSA) is 196 Å². The van der Waals surface area contributed by atoms with Crippen LogP contribution in [0.15, 0.2) is 60.9 Å². The first kappa shape index (κ1) is 44.7. The molecule has 6 heterocycles. The third kappa shape index (κ3) is 8.90. The minimum absolute atomic E-state index is 0.0122. The number of hydrogen-bond acceptors (Lipinski definition) is 11. The van der Waals surface area contributed by atoms with Gasteiger partial charge in [-0.25, -0.2) is 14.8 Å². The van der Waals surface area contributed by atoms with E-state index in [0.29, 0.717) is 19.6 Å². The first-order chi connectivity index (χ1) is 32.0. The van der Waals surface area contributed by atoms with E-state index in [2.05, 4.69) is 83.0 Å². The van der Waals surface area contributed by atoms with Crippen LogP contribution >= 0.6 is 0 Å². The van der Waals surface area contributed by atoms with Crippen molar-refractivity contribution in [2.24, 2.45) is 11.8 Å². The third-order valence-electron chi connectivity index (χ3n) is 15.5. The predicted molar refractivity (Wildman–Crippen MR) is 244 cm³/mol. The summed E-state index contributed by atoms with van der Waals surface area (Å²) in [6.45, 7) is 5.35. The van der Waals surface area contributed by atoms with Crippen LogP contribution in [-0.2, 0) is 28.5 Å². The van der Waals surface area contributed by atoms with Gasteiger partial charge in [-0.05, 0) is 125 Å². The fourth-order valence-electron chi connectivity index (χ4n) is 11.4. The summed E-state index contributed by atoms with van der Waals surface area (Å²) in [5.41, 5.74) is 5.57. The van der Waals surface area contributed by atoms with E-state index < -0.39 is 24.6 Å². The fourth-order valence-corrected chi connectivity index (χ4v) is 11.4. The number of imidazole rings is 2. The highest BCUT2D eigenvalue weighted by atomic mass is 16.6. The van der Waals surface area contributed by atoms with E-state index in [1.165, 1.54) is 14.2 Å². The average Bonchev–Trinajstić information content (AvgIpc) is 3.87. The van der Waals surface area contributed by atoms with Crippen molar-refractivity contribution in [1.29, 1.82) is 0 Å². The number of aromatic amines is 2. The summed E-state index contributed by atoms with van der Waals surface area (Å²) in [5.74, 6) is 1.35. The normalized spacial score (nSPS) is 27.7. The van der Waals surface area contributed by atoms with Crippen LogP contribution in [-0.4, -0.2) is 122 Å². The lowest BCUT2D eigenvalue weighted by Crippen LogP contribution is -2.56. The number of nitrogens with one attached hydrogen (secondary N) is 4. The summed E-state index contributed by atoms with van der Waals surface area (Å²) < 4.78 is 22.3. The number of amides is 3. The molecule has 4 saturated heterocycles. The molecule has 2 aromatic heterocycles. The molecule has 2 saturated carbocycles. The van der Waals surface area contributed by atoms with Gasteiger partial charge in [-0.2, -0.15) is 0 Å². The Kier molecular flexibility index (Phi) is 12.3. The molecule has 2 aliphatic carbocycles. The Morgan fingerprint density at radius 1 is 0.682 bits per heavy atom. The number of methoxy groups -OCH3 is 2. The molecule has 0 radical (unpaired) electrons. The Morgan fingerprint density at radius 2 is 1.12 bits per heavy atom. The van der Waals surface area contributed by atoms with Gasteiger partial charge in [-0.1, -0.05) is 48.5 Å². The zero-order valence-electron chi connectivity index (χ0n) is 38.5. The van der Waals surface area contributed by atoms with Crippen LogP contribution in [0.2, 0.25) is 0 Å². The monoisotopic (exact) mass is 904 g/mol. The van der Waals surface area contributed by atoms with E-state index in [1.807, 2.05) is 22.2 Å². The second-order valence-electron chi connectivity index (χ2n) is 19.8. The smallest absolute Gasteiger partial charge is 0.407 e. The molecule has 9 atom stereocenters. The van der Waals surface area contributed by atoms with Gasteiger partial charge in [0.05, 0.1) is 60.2 Å². The summed E-state index contributed by atoms with van der Waals surface area (Å²) in [5, 5.41) is 16.5. The number of ether oxygens (including phenoxy) is 4. The second kappa shape index (κ2) is 18.2. The Bertz CT molecular complexity index is 2380. The third-order valence-corrected chi connectivity index (χ3v) is 15.5. The maximum Gasteiger partial charge on any atom is 0.407 e. The number of rotatable bonds is 13. The molecule has 66 heavy (non-hydrogen) atoms. The zero-order valence-corrected chi connectivity index (χ0v) is 38.5. The van der Waals surface area contributed by atoms with E-state index in [0.717, 1.165) is 116 Å². The number of benzene rings is 2. The molecular weight excluding hydrogens is 841 g/mol. The predicted octanol–water partition coefficient (Wildman–Crippen LogP) is 6.76. The largest absolute Gasteiger partial charge is 0.453 e. The molecular formula is C50H64N8O8. The highest BCUT2D eigenvalue weighted by Crippen LogP contribution is 2.51. The van der Waals surface area contributed by atoms with Gasteiger partial charge in [0.2, 0.25) is 18.2 Å². The molecule has 4 aromatic rings. The molecule has 9 unspecified atom stereocenters. The maximum atomic E-state index is 14.5. The Hall–Kier alpha value is -5.13. The molecule has 3 amide bonds. The van der Waals surface area contributed by atoms with Crippen LogP contribution in [0.5, 0.6) is 0 Å². The Labute approximate surface area is 385 Å². The Balaban J connectivity index is 0.801. The van der Waals surface area contributed by atoms with Crippen LogP contribution in [0.4, 0.5) is 4.79 Å². The van der Waals surface area contributed by atoms with E-state index in [-0.39, 0.29) is 59.0 Å². The summed E-state index contributed by atoms with van der Waals surface area (Å²) in [4.78, 5) is 62.0. The SMILES string of the molecule is COC(=O)NC(C(=O)N1C(C)CCC1c1ncc(-c2ccc(-c3ccc(-c4cnc(C5CCC(C)N5C(=O)C(NC(O)OC)C5CCOC6(CC6)C5)[nH]4)cc3)cc2)[nH]1)C1CCOC2(CC2)C1. The lowest BCUT2D eigenvalue weighted by molar-refractivity contribution is -0.151. The molecule has 352 valence electrons. The summed E-state index contributed by atoms with van der Waals surface area (Å²) in [6, 6.07) is 15.0. The summed E-state index contributed by atoms with van der Waals surface area (Å²) in [7, 11) is 2.76. The maximum absolute atomic E-state index is 14.5. The van der Waals surface area contributed by atoms with Crippen molar-refractivity contribution in [3.63, 3.8) is 0 Å². The second-order valence-corrected chi connectivity index (χ2v) is 19.8. The molecule has 16 heteroatoms. The van der Waals surface area contributed by atoms with Gasteiger partial charge in [0, 0.05) is 32.4 Å². The average molecular weight is 905 g/mol. The number of alkyl carbamates (subject to hydrolysis) is 1. The molecule has 2 aromatic carbocycles. The lowest BCUT2D eigenvalue weighted by Gasteiger charge is -2.39. The van der Waals surface area contributed by atoms with Crippen LogP contribution in [0.3, 0.4) is 0 Å². The van der Waals surface area contributed by atoms with Gasteiger partial charge in [0.1, 0.15) is 17.7 Å². The molecule has 10 rings (SSSR count). The van der Waals surface area contributed by atoms with Gasteiger partial charge >= 0.3 is 6.09 Å². The molecule has 2 spiro atoms. The first-order valence-electron chi connectivity index (χ1n) is 24.0. The number of likely N-dealkylation sites (tertiary alicyclic amines) is 2. The van der Waals surface area contributed by atoms with Crippen LogP contribution in [0, 0.1) is 11.8 Å². The van der Waals surface area contributed by atoms with Crippen molar-refractivity contribution >= 4 is 17.9 Å². The Morgan fingerprint density at radius 3 is 1.56 bits per heavy atom. The minimum atomic E-state index is -1.25. The van der Waals surface area contributed by atoms with Crippen molar-refractivity contribution < 1.29 is 38.4 Å². The summed E-state index contributed by atoms with van der Waals surface area (Å²) in [6.07, 6.45) is 12.1. The molecule has 4 aliphatic heterocycles. The van der Waals surface area contributed by atoms with E-state index in [4.69, 9.17) is 28.9 Å². The van der Waals surface area contributed by atoms with Crippen molar-refractivity contribution in [2.45, 2.75) is 145 Å². The number of aromatic nitrogens is 4. The number of nitrogens with zero attached hydrogens (tertiary/aromatic N) is 4. The van der Waals surface area contributed by atoms with Gasteiger partial charge in [0.15, 0.2) is 0 Å². The lowest BCUT2D eigenvalue weighted by atomic mass is 9.86. The van der Waals surface area contributed by atoms with Gasteiger partial charge < -0.3 is 49.1 Å². The van der Waals surface area contributed by atoms with Gasteiger partial charge in [-0.15, -0.1) is 0 Å². The number of aliphatic hydroxyl groups is 1. The fraction of sp³-hybridized carbons (Fsp3) is 0.580. The molecule has 6 aliphatic rings. The number of carbonyl (C=O) groups is 3. The number of hydrogen-bond donors (Lipinski definition) is 5. The highest BCUT2D eigenvalue weighted by Gasteiger charge is 2.53. The minimum Gasteiger partial charge on any atom is -0.453 e. The van der Waals surface area contributed by atoms with Gasteiger partial charge in [-0.3, -0.25) is 14.9 Å². The van der Waals surface area contributed by atoms with Crippen LogP contribution in [0.1, 0.15) is 115 Å². The van der Waals surface area contributed by atoms with E-state index >= 15 is 0 Å². The zero-order chi connectivity index (χ0) is 45.7. The van der Waals surface area contributed by atoms with Crippen LogP contribution < -0.4 is 10.6 Å². The van der Waals surface area contributed by atoms with Crippen molar-refractivity contribution in [3.8, 4) is 33.6 Å². The number of H-pyrrole nitrogens is 2. The quantitative estimate of drug-likeness (QED) is 0.0890. The van der Waals surface area contributed by atoms with E-state index in [9.17, 15) is 19.5 Å². The first-order valence-corrected chi connectivity index (χ1v) is 24.0. The van der Waals surface area contributed by atoms with E-state index in [1.54, 1.807) is 0 Å². The molecule has 5 N–H and O–H groups in total. The van der Waals surface area contributed by atoms with Crippen LogP contribution in [0.25, 0.3) is 33.6 Å². The van der Waals surface area contributed by atoms with Gasteiger partial charge in [0.25, 0.3) is 0 Å². The summed E-state index contributed by atoms with van der Waals surface area (Å²) >= 11 is 0. The van der Waals surface area contributed by atoms with Crippen molar-refractivity contribution in [3.05, 3.63) is 72.6 Å². The number of carbonyl (C=O) groups excluding carboxylic acids is 3. The van der Waals surface area contributed by atoms with Crippen molar-refractivity contribution in [1.82, 2.24) is 40.4 Å². The number of aliphatic hydroxyl groups excluding tert-OH is 1. The standard InChI is InChI=1S/C50H64N8O8/c1-29-5-15-39(57(29)45(59)41(55-47(61)63-3)35-17-23-65-49(25-35)19-20-49)43-51-27-37(53-43)33-11-7-31(8-12-33)32-9-13-34(14-10-32)38-28-52-44(54-38)40-16-6-30(2)58(40)46(60)42(56-48(62)64-4)36-18-24-66-50(26-36)21-22-50/h7-14,27-30,35-36,39-42,47,55,61H,5-6,15-26H2,1-4H3,(H,51,53)(H,52,54)(H,56,62). The molecule has 0 bridgehead atoms. The highest BCUT2D eigenvalue weighted by molar-refractivity contribution is 5.87. The molecule has 16 nitrogen and oxygen atoms in total.